The van der Waals surface area contributed by atoms with E-state index in [1.54, 1.807) is 23.1 Å². The molecule has 0 aliphatic carbocycles. The lowest BCUT2D eigenvalue weighted by molar-refractivity contribution is 0.624. The van der Waals surface area contributed by atoms with Crippen molar-refractivity contribution in [1.29, 1.82) is 0 Å². The highest BCUT2D eigenvalue weighted by Gasteiger charge is 2.01. The number of aromatic nitrogens is 5. The van der Waals surface area contributed by atoms with Crippen LogP contribution in [-0.4, -0.2) is 31.5 Å². The summed E-state index contributed by atoms with van der Waals surface area (Å²) in [6.07, 6.45) is 5.34. The van der Waals surface area contributed by atoms with Gasteiger partial charge in [-0.2, -0.15) is 0 Å². The third-order valence-corrected chi connectivity index (χ3v) is 2.06. The molecule has 0 aromatic carbocycles. The Bertz CT molecular complexity index is 424. The van der Waals surface area contributed by atoms with E-state index in [0.29, 0.717) is 6.54 Å². The molecule has 0 amide bonds. The smallest absolute Gasteiger partial charge is 0.149 e. The molecule has 0 fully saturated rings. The van der Waals surface area contributed by atoms with Gasteiger partial charge in [0.15, 0.2) is 0 Å². The van der Waals surface area contributed by atoms with Gasteiger partial charge in [-0.25, -0.2) is 14.6 Å². The van der Waals surface area contributed by atoms with Gasteiger partial charge in [-0.1, -0.05) is 12.1 Å². The van der Waals surface area contributed by atoms with Crippen LogP contribution in [0.3, 0.4) is 0 Å². The fourth-order valence-corrected chi connectivity index (χ4v) is 1.31. The lowest BCUT2D eigenvalue weighted by atomic mass is 10.4. The average molecular weight is 218 g/mol. The van der Waals surface area contributed by atoms with Crippen LogP contribution >= 0.6 is 0 Å². The predicted octanol–water partition coefficient (Wildman–Crippen LogP) is 0.226. The standard InChI is InChI=1S/C10H14N6/c1-2-11-6-9-7-16(15-14-9)8-10-12-4-3-5-13-10/h3-5,7,11H,2,6,8H2,1H3. The fraction of sp³-hybridized carbons (Fsp3) is 0.400. The summed E-state index contributed by atoms with van der Waals surface area (Å²) in [5.74, 6) is 0.738. The summed E-state index contributed by atoms with van der Waals surface area (Å²) in [7, 11) is 0. The molecule has 0 radical (unpaired) electrons. The molecule has 0 aliphatic heterocycles. The lowest BCUT2D eigenvalue weighted by Crippen LogP contribution is -2.11. The van der Waals surface area contributed by atoms with Gasteiger partial charge in [-0.3, -0.25) is 0 Å². The molecule has 0 bridgehead atoms. The molecule has 0 atom stereocenters. The van der Waals surface area contributed by atoms with E-state index in [1.165, 1.54) is 0 Å². The minimum atomic E-state index is 0.556. The first-order valence-electron chi connectivity index (χ1n) is 5.24. The number of nitrogens with one attached hydrogen (secondary N) is 1. The molecular formula is C10H14N6. The summed E-state index contributed by atoms with van der Waals surface area (Å²) >= 11 is 0. The molecule has 2 aromatic heterocycles. The summed E-state index contributed by atoms with van der Waals surface area (Å²) in [4.78, 5) is 8.26. The van der Waals surface area contributed by atoms with Crippen LogP contribution in [0, 0.1) is 0 Å². The zero-order valence-electron chi connectivity index (χ0n) is 9.17. The number of hydrogen-bond acceptors (Lipinski definition) is 5. The van der Waals surface area contributed by atoms with Gasteiger partial charge in [0.05, 0.1) is 11.9 Å². The van der Waals surface area contributed by atoms with E-state index < -0.39 is 0 Å². The van der Waals surface area contributed by atoms with Gasteiger partial charge < -0.3 is 5.32 Å². The van der Waals surface area contributed by atoms with E-state index in [-0.39, 0.29) is 0 Å². The third-order valence-electron chi connectivity index (χ3n) is 2.06. The van der Waals surface area contributed by atoms with Gasteiger partial charge in [0.2, 0.25) is 0 Å². The highest BCUT2D eigenvalue weighted by atomic mass is 15.4. The average Bonchev–Trinajstić information content (AvgIpc) is 2.75. The third kappa shape index (κ3) is 2.83. The van der Waals surface area contributed by atoms with Crippen molar-refractivity contribution >= 4 is 0 Å². The first-order valence-corrected chi connectivity index (χ1v) is 5.24. The molecule has 2 rings (SSSR count). The topological polar surface area (TPSA) is 68.5 Å². The molecule has 2 aromatic rings. The van der Waals surface area contributed by atoms with Crippen molar-refractivity contribution in [3.05, 3.63) is 36.2 Å². The number of nitrogens with zero attached hydrogens (tertiary/aromatic N) is 5. The van der Waals surface area contributed by atoms with Crippen LogP contribution < -0.4 is 5.32 Å². The Labute approximate surface area is 93.7 Å². The Morgan fingerprint density at radius 1 is 1.31 bits per heavy atom. The normalized spacial score (nSPS) is 10.6. The quantitative estimate of drug-likeness (QED) is 0.777. The molecule has 0 saturated carbocycles. The van der Waals surface area contributed by atoms with E-state index in [0.717, 1.165) is 24.6 Å². The maximum atomic E-state index is 4.13. The van der Waals surface area contributed by atoms with Crippen LogP contribution in [0.4, 0.5) is 0 Å². The van der Waals surface area contributed by atoms with E-state index in [9.17, 15) is 0 Å². The van der Waals surface area contributed by atoms with Gasteiger partial charge in [0.25, 0.3) is 0 Å². The molecular weight excluding hydrogens is 204 g/mol. The molecule has 0 spiro atoms. The van der Waals surface area contributed by atoms with Gasteiger partial charge in [0.1, 0.15) is 12.4 Å². The maximum Gasteiger partial charge on any atom is 0.149 e. The van der Waals surface area contributed by atoms with Crippen LogP contribution in [0.5, 0.6) is 0 Å². The van der Waals surface area contributed by atoms with Crippen LogP contribution in [0.15, 0.2) is 24.7 Å². The lowest BCUT2D eigenvalue weighted by Gasteiger charge is -1.97. The Morgan fingerprint density at radius 3 is 2.88 bits per heavy atom. The second kappa shape index (κ2) is 5.32. The fourth-order valence-electron chi connectivity index (χ4n) is 1.31. The molecule has 6 heteroatoms. The van der Waals surface area contributed by atoms with Crippen LogP contribution in [0.2, 0.25) is 0 Å². The zero-order valence-corrected chi connectivity index (χ0v) is 9.17. The maximum absolute atomic E-state index is 4.13. The highest BCUT2D eigenvalue weighted by Crippen LogP contribution is 1.96. The molecule has 1 N–H and O–H groups in total. The largest absolute Gasteiger partial charge is 0.311 e. The predicted molar refractivity (Wildman–Crippen MR) is 58.5 cm³/mol. The van der Waals surface area contributed by atoms with Gasteiger partial charge in [-0.15, -0.1) is 5.10 Å². The minimum absolute atomic E-state index is 0.556. The Morgan fingerprint density at radius 2 is 2.12 bits per heavy atom. The zero-order chi connectivity index (χ0) is 11.2. The van der Waals surface area contributed by atoms with E-state index in [4.69, 9.17) is 0 Å². The summed E-state index contributed by atoms with van der Waals surface area (Å²) in [6, 6.07) is 1.79. The van der Waals surface area contributed by atoms with E-state index in [1.807, 2.05) is 6.20 Å². The Balaban J connectivity index is 1.97. The Kier molecular flexibility index (Phi) is 3.55. The molecule has 16 heavy (non-hydrogen) atoms. The highest BCUT2D eigenvalue weighted by molar-refractivity contribution is 4.94. The SMILES string of the molecule is CCNCc1cn(Cc2ncccn2)nn1. The number of rotatable bonds is 5. The van der Waals surface area contributed by atoms with Crippen molar-refractivity contribution in [2.24, 2.45) is 0 Å². The first-order chi connectivity index (χ1) is 7.88. The molecule has 2 heterocycles. The summed E-state index contributed by atoms with van der Waals surface area (Å²) in [6.45, 7) is 4.28. The van der Waals surface area contributed by atoms with Crippen molar-refractivity contribution in [3.8, 4) is 0 Å². The van der Waals surface area contributed by atoms with Crippen molar-refractivity contribution in [2.45, 2.75) is 20.0 Å². The van der Waals surface area contributed by atoms with Crippen LogP contribution in [0.25, 0.3) is 0 Å². The minimum Gasteiger partial charge on any atom is -0.311 e. The molecule has 0 aliphatic rings. The summed E-state index contributed by atoms with van der Waals surface area (Å²) in [5, 5.41) is 11.3. The van der Waals surface area contributed by atoms with Crippen molar-refractivity contribution < 1.29 is 0 Å². The van der Waals surface area contributed by atoms with Crippen LogP contribution in [-0.2, 0) is 13.1 Å². The molecule has 6 nitrogen and oxygen atoms in total. The molecule has 84 valence electrons. The summed E-state index contributed by atoms with van der Waals surface area (Å²) < 4.78 is 1.74. The van der Waals surface area contributed by atoms with Crippen molar-refractivity contribution in [3.63, 3.8) is 0 Å². The van der Waals surface area contributed by atoms with Gasteiger partial charge in [0, 0.05) is 18.9 Å². The van der Waals surface area contributed by atoms with Crippen molar-refractivity contribution in [1.82, 2.24) is 30.3 Å². The first kappa shape index (κ1) is 10.7. The van der Waals surface area contributed by atoms with Gasteiger partial charge >= 0.3 is 0 Å². The van der Waals surface area contributed by atoms with E-state index >= 15 is 0 Å². The monoisotopic (exact) mass is 218 g/mol. The van der Waals surface area contributed by atoms with Crippen LogP contribution in [0.1, 0.15) is 18.4 Å². The van der Waals surface area contributed by atoms with E-state index in [2.05, 4.69) is 32.5 Å². The summed E-state index contributed by atoms with van der Waals surface area (Å²) in [5.41, 5.74) is 0.929. The molecule has 0 saturated heterocycles. The van der Waals surface area contributed by atoms with Crippen molar-refractivity contribution in [2.75, 3.05) is 6.54 Å². The van der Waals surface area contributed by atoms with Gasteiger partial charge in [-0.05, 0) is 12.6 Å². The second-order valence-electron chi connectivity index (χ2n) is 3.35. The second-order valence-corrected chi connectivity index (χ2v) is 3.35. The molecule has 0 unspecified atom stereocenters. The Hall–Kier alpha value is -1.82. The number of hydrogen-bond donors (Lipinski definition) is 1.